The maximum atomic E-state index is 14.1. The van der Waals surface area contributed by atoms with Gasteiger partial charge >= 0.3 is 12.1 Å². The van der Waals surface area contributed by atoms with Gasteiger partial charge in [-0.25, -0.2) is 14.6 Å². The monoisotopic (exact) mass is 811 g/mol. The fourth-order valence-electron chi connectivity index (χ4n) is 6.67. The average molecular weight is 812 g/mol. The minimum absolute atomic E-state index is 0.0849. The number of morpholine rings is 2. The molecule has 0 aromatic heterocycles. The minimum atomic E-state index is -2.26. The van der Waals surface area contributed by atoms with E-state index in [1.54, 1.807) is 43.1 Å². The van der Waals surface area contributed by atoms with Crippen molar-refractivity contribution in [2.24, 2.45) is 11.8 Å². The first kappa shape index (κ1) is 46.2. The first-order valence-corrected chi connectivity index (χ1v) is 20.4. The second-order valence-electron chi connectivity index (χ2n) is 15.5. The number of phenolic OH excluding ortho intramolecular Hbond substituents is 1. The quantitative estimate of drug-likeness (QED) is 0.0659. The van der Waals surface area contributed by atoms with Gasteiger partial charge in [-0.05, 0) is 42.0 Å². The van der Waals surface area contributed by atoms with Crippen LogP contribution in [0.1, 0.15) is 45.2 Å². The number of carbonyl (C=O) groups excluding carboxylic acids is 4. The van der Waals surface area contributed by atoms with Gasteiger partial charge in [-0.2, -0.15) is 0 Å². The van der Waals surface area contributed by atoms with Crippen LogP contribution in [0.25, 0.3) is 0 Å². The van der Waals surface area contributed by atoms with Crippen molar-refractivity contribution in [3.63, 3.8) is 0 Å². The standard InChI is InChI=1S/C41H65N9O8/c1-30(2)36(45-39(54)42-16-18-48-20-24-57-25-21-48)37(52)47-50(28-33-11-14-35(51)15-12-33)29-34(13-10-32-8-6-5-7-9-32)44-38(53)41(56,31(3)4)46-40(55)43-17-19-49-22-26-58-27-23-49/h5-9,11-12,14-15,30-31,34,36,51,56H,10,13,16-29H2,1-4H3,(H,44,53)(H,47,52)(H2,42,45,54)(H2,43,46,55)/t34-,36-,41+/m0/s1. The number of hydrazine groups is 1. The number of aliphatic hydroxyl groups is 1. The van der Waals surface area contributed by atoms with Crippen molar-refractivity contribution in [2.75, 3.05) is 85.3 Å². The van der Waals surface area contributed by atoms with Gasteiger partial charge in [-0.1, -0.05) is 70.2 Å². The van der Waals surface area contributed by atoms with E-state index >= 15 is 0 Å². The van der Waals surface area contributed by atoms with Crippen LogP contribution in [0.15, 0.2) is 54.6 Å². The molecule has 58 heavy (non-hydrogen) atoms. The molecule has 2 heterocycles. The Morgan fingerprint density at radius 2 is 1.34 bits per heavy atom. The van der Waals surface area contributed by atoms with Gasteiger partial charge < -0.3 is 46.3 Å². The number of nitrogens with one attached hydrogen (secondary N) is 6. The zero-order valence-corrected chi connectivity index (χ0v) is 34.5. The predicted molar refractivity (Wildman–Crippen MR) is 219 cm³/mol. The van der Waals surface area contributed by atoms with Gasteiger partial charge in [-0.3, -0.25) is 24.8 Å². The van der Waals surface area contributed by atoms with Crippen molar-refractivity contribution in [2.45, 2.75) is 64.9 Å². The number of nitrogens with zero attached hydrogens (tertiary/aromatic N) is 3. The number of aromatic hydroxyl groups is 1. The molecule has 322 valence electrons. The Kier molecular flexibility index (Phi) is 18.9. The molecule has 3 atom stereocenters. The van der Waals surface area contributed by atoms with Gasteiger partial charge in [0, 0.05) is 77.4 Å². The number of rotatable bonds is 21. The summed E-state index contributed by atoms with van der Waals surface area (Å²) in [7, 11) is 0. The molecular formula is C41H65N9O8. The summed E-state index contributed by atoms with van der Waals surface area (Å²) in [5.41, 5.74) is 2.50. The Hall–Kier alpha value is -4.52. The Labute approximate surface area is 342 Å². The number of amides is 6. The molecule has 4 rings (SSSR count). The fraction of sp³-hybridized carbons (Fsp3) is 0.610. The van der Waals surface area contributed by atoms with E-state index in [9.17, 15) is 29.4 Å². The molecule has 0 aliphatic carbocycles. The van der Waals surface area contributed by atoms with Crippen molar-refractivity contribution in [3.05, 3.63) is 65.7 Å². The predicted octanol–water partition coefficient (Wildman–Crippen LogP) is 0.975. The van der Waals surface area contributed by atoms with Crippen molar-refractivity contribution < 1.29 is 38.9 Å². The Balaban J connectivity index is 1.48. The van der Waals surface area contributed by atoms with Crippen molar-refractivity contribution in [1.29, 1.82) is 0 Å². The second-order valence-corrected chi connectivity index (χ2v) is 15.5. The lowest BCUT2D eigenvalue weighted by molar-refractivity contribution is -0.148. The third kappa shape index (κ3) is 15.7. The van der Waals surface area contributed by atoms with E-state index in [1.165, 1.54) is 0 Å². The summed E-state index contributed by atoms with van der Waals surface area (Å²) >= 11 is 0. The Morgan fingerprint density at radius 1 is 0.776 bits per heavy atom. The van der Waals surface area contributed by atoms with Gasteiger partial charge in [0.05, 0.1) is 26.4 Å². The summed E-state index contributed by atoms with van der Waals surface area (Å²) in [6.07, 6.45) is 0.970. The molecular weight excluding hydrogens is 747 g/mol. The molecule has 2 fully saturated rings. The van der Waals surface area contributed by atoms with Crippen LogP contribution in [-0.4, -0.2) is 152 Å². The minimum Gasteiger partial charge on any atom is -0.508 e. The molecule has 0 radical (unpaired) electrons. The SMILES string of the molecule is CC(C)[C@H](NC(=O)NCCN1CCOCC1)C(=O)NN(Cc1ccc(O)cc1)C[C@H](CCc1ccccc1)NC(=O)[C@@](O)(NC(=O)NCCN1CCOCC1)C(C)C. The van der Waals surface area contributed by atoms with Crippen LogP contribution in [0, 0.1) is 11.8 Å². The summed E-state index contributed by atoms with van der Waals surface area (Å²) in [5, 5.41) is 37.3. The van der Waals surface area contributed by atoms with Gasteiger partial charge in [0.25, 0.3) is 11.8 Å². The van der Waals surface area contributed by atoms with E-state index in [1.807, 2.05) is 44.2 Å². The highest BCUT2D eigenvalue weighted by molar-refractivity contribution is 5.90. The number of benzene rings is 2. The molecule has 8 N–H and O–H groups in total. The molecule has 6 amide bonds. The molecule has 2 aliphatic rings. The molecule has 2 aliphatic heterocycles. The van der Waals surface area contributed by atoms with Crippen LogP contribution in [0.4, 0.5) is 9.59 Å². The second kappa shape index (κ2) is 23.8. The van der Waals surface area contributed by atoms with Crippen molar-refractivity contribution >= 4 is 23.9 Å². The van der Waals surface area contributed by atoms with Crippen molar-refractivity contribution in [3.8, 4) is 5.75 Å². The third-order valence-electron chi connectivity index (χ3n) is 10.3. The molecule has 0 bridgehead atoms. The number of phenols is 1. The number of hydrogen-bond acceptors (Lipinski definition) is 11. The Morgan fingerprint density at radius 3 is 1.90 bits per heavy atom. The van der Waals surface area contributed by atoms with Crippen LogP contribution < -0.4 is 32.0 Å². The molecule has 2 saturated heterocycles. The van der Waals surface area contributed by atoms with E-state index < -0.39 is 47.6 Å². The van der Waals surface area contributed by atoms with Crippen LogP contribution in [0.3, 0.4) is 0 Å². The smallest absolute Gasteiger partial charge is 0.317 e. The van der Waals surface area contributed by atoms with Crippen LogP contribution in [0.2, 0.25) is 0 Å². The number of aryl methyl sites for hydroxylation is 1. The highest BCUT2D eigenvalue weighted by Crippen LogP contribution is 2.17. The van der Waals surface area contributed by atoms with Gasteiger partial charge in [-0.15, -0.1) is 0 Å². The normalized spacial score (nSPS) is 17.2. The molecule has 2 aromatic carbocycles. The lowest BCUT2D eigenvalue weighted by atomic mass is 9.97. The first-order valence-electron chi connectivity index (χ1n) is 20.4. The highest BCUT2D eigenvalue weighted by atomic mass is 16.5. The number of hydrogen-bond donors (Lipinski definition) is 8. The van der Waals surface area contributed by atoms with Crippen molar-refractivity contribution in [1.82, 2.24) is 46.8 Å². The first-order chi connectivity index (χ1) is 27.8. The molecule has 0 spiro atoms. The molecule has 2 aromatic rings. The van der Waals surface area contributed by atoms with Gasteiger partial charge in [0.2, 0.25) is 5.72 Å². The van der Waals surface area contributed by atoms with Gasteiger partial charge in [0.15, 0.2) is 0 Å². The number of carbonyl (C=O) groups is 4. The summed E-state index contributed by atoms with van der Waals surface area (Å²) in [6, 6.07) is 13.6. The van der Waals surface area contributed by atoms with E-state index in [2.05, 4.69) is 41.8 Å². The van der Waals surface area contributed by atoms with E-state index in [0.717, 1.165) is 37.3 Å². The Bertz CT molecular complexity index is 1560. The van der Waals surface area contributed by atoms with E-state index in [-0.39, 0.29) is 24.8 Å². The van der Waals surface area contributed by atoms with Crippen LogP contribution in [-0.2, 0) is 32.0 Å². The molecule has 17 heteroatoms. The summed E-state index contributed by atoms with van der Waals surface area (Å²) in [4.78, 5) is 58.4. The largest absolute Gasteiger partial charge is 0.508 e. The zero-order valence-electron chi connectivity index (χ0n) is 34.5. The zero-order chi connectivity index (χ0) is 41.9. The van der Waals surface area contributed by atoms with E-state index in [4.69, 9.17) is 9.47 Å². The summed E-state index contributed by atoms with van der Waals surface area (Å²) in [6.45, 7) is 14.9. The summed E-state index contributed by atoms with van der Waals surface area (Å²) in [5.74, 6) is -2.16. The third-order valence-corrected chi connectivity index (χ3v) is 10.3. The van der Waals surface area contributed by atoms with Gasteiger partial charge in [0.1, 0.15) is 11.8 Å². The lowest BCUT2D eigenvalue weighted by Gasteiger charge is -2.35. The summed E-state index contributed by atoms with van der Waals surface area (Å²) < 4.78 is 10.8. The topological polar surface area (TPSA) is 209 Å². The maximum Gasteiger partial charge on any atom is 0.317 e. The molecule has 0 unspecified atom stereocenters. The van der Waals surface area contributed by atoms with E-state index in [0.29, 0.717) is 65.4 Å². The van der Waals surface area contributed by atoms with Crippen LogP contribution in [0.5, 0.6) is 5.75 Å². The van der Waals surface area contributed by atoms with Crippen LogP contribution >= 0.6 is 0 Å². The average Bonchev–Trinajstić information content (AvgIpc) is 3.20. The lowest BCUT2D eigenvalue weighted by Crippen LogP contribution is -2.66. The molecule has 0 saturated carbocycles. The maximum absolute atomic E-state index is 14.1. The highest BCUT2D eigenvalue weighted by Gasteiger charge is 2.42. The molecule has 17 nitrogen and oxygen atoms in total. The number of urea groups is 2. The number of ether oxygens (including phenoxy) is 2. The fourth-order valence-corrected chi connectivity index (χ4v) is 6.67.